The first-order valence-corrected chi connectivity index (χ1v) is 11.1. The number of ether oxygens (including phenoxy) is 2. The molecule has 11 heteroatoms. The second kappa shape index (κ2) is 9.16. The third kappa shape index (κ3) is 4.21. The number of methoxy groups -OCH3 is 1. The molecule has 0 spiro atoms. The number of rotatable bonds is 5. The predicted octanol–water partition coefficient (Wildman–Crippen LogP) is 3.59. The van der Waals surface area contributed by atoms with Crippen LogP contribution in [-0.4, -0.2) is 54.8 Å². The van der Waals surface area contributed by atoms with Gasteiger partial charge in [0.1, 0.15) is 5.00 Å². The lowest BCUT2D eigenvalue weighted by Crippen LogP contribution is -2.36. The first-order chi connectivity index (χ1) is 15.0. The highest BCUT2D eigenvalue weighted by molar-refractivity contribution is 7.80. The van der Waals surface area contributed by atoms with Crippen molar-refractivity contribution in [1.82, 2.24) is 10.3 Å². The zero-order valence-corrected chi connectivity index (χ0v) is 19.1. The van der Waals surface area contributed by atoms with Crippen LogP contribution in [0.5, 0.6) is 0 Å². The Bertz CT molecular complexity index is 1120. The fourth-order valence-corrected chi connectivity index (χ4v) is 5.10. The summed E-state index contributed by atoms with van der Waals surface area (Å²) >= 11 is 6.98. The van der Waals surface area contributed by atoms with E-state index in [9.17, 15) is 4.79 Å². The highest BCUT2D eigenvalue weighted by atomic mass is 32.1. The van der Waals surface area contributed by atoms with Crippen molar-refractivity contribution in [2.75, 3.05) is 48.9 Å². The van der Waals surface area contributed by atoms with Gasteiger partial charge in [0.2, 0.25) is 0 Å². The van der Waals surface area contributed by atoms with Crippen LogP contribution < -0.4 is 15.5 Å². The van der Waals surface area contributed by atoms with E-state index in [-0.39, 0.29) is 5.97 Å². The monoisotopic (exact) mass is 461 g/mol. The van der Waals surface area contributed by atoms with Gasteiger partial charge in [-0.3, -0.25) is 0 Å². The van der Waals surface area contributed by atoms with Crippen molar-refractivity contribution in [1.29, 1.82) is 0 Å². The van der Waals surface area contributed by atoms with Crippen LogP contribution in [0, 0.1) is 6.92 Å². The quantitative estimate of drug-likeness (QED) is 0.433. The second-order valence-electron chi connectivity index (χ2n) is 6.96. The number of fused-ring (bicyclic) bond motifs is 1. The summed E-state index contributed by atoms with van der Waals surface area (Å²) in [4.78, 5) is 15.6. The van der Waals surface area contributed by atoms with Gasteiger partial charge in [-0.2, -0.15) is 0 Å². The Morgan fingerprint density at radius 3 is 2.71 bits per heavy atom. The lowest BCUT2D eigenvalue weighted by Gasteiger charge is -2.28. The molecular formula is C20H23N5O4S2. The second-order valence-corrected chi connectivity index (χ2v) is 8.59. The number of hydrogen-bond acceptors (Lipinski definition) is 9. The molecule has 1 aromatic carbocycles. The summed E-state index contributed by atoms with van der Waals surface area (Å²) in [6.45, 7) is 6.89. The van der Waals surface area contributed by atoms with Gasteiger partial charge in [-0.1, -0.05) is 6.92 Å². The molecule has 0 aliphatic carbocycles. The number of hydrogen-bond donors (Lipinski definition) is 2. The van der Waals surface area contributed by atoms with Crippen LogP contribution in [-0.2, 0) is 15.9 Å². The molecule has 0 atom stereocenters. The highest BCUT2D eigenvalue weighted by Crippen LogP contribution is 2.35. The maximum Gasteiger partial charge on any atom is 0.341 e. The number of thiocarbonyl (C=S) groups is 1. The molecule has 1 aliphatic rings. The van der Waals surface area contributed by atoms with E-state index in [4.69, 9.17) is 26.3 Å². The number of esters is 1. The minimum atomic E-state index is -0.385. The lowest BCUT2D eigenvalue weighted by molar-refractivity contribution is 0.0601. The number of thiophene rings is 1. The first-order valence-electron chi connectivity index (χ1n) is 9.90. The molecule has 1 aliphatic heterocycles. The first kappa shape index (κ1) is 21.5. The molecule has 0 amide bonds. The Hall–Kier alpha value is -2.76. The SMILES string of the molecule is CCc1c(C)sc(NC(=S)Nc2ccc(N3CCOCC3)c3nonc23)c1C(=O)OC. The van der Waals surface area contributed by atoms with Crippen LogP contribution in [0.1, 0.15) is 27.7 Å². The lowest BCUT2D eigenvalue weighted by atomic mass is 10.1. The van der Waals surface area contributed by atoms with Crippen molar-refractivity contribution < 1.29 is 18.9 Å². The molecule has 1 fully saturated rings. The Morgan fingerprint density at radius 1 is 1.26 bits per heavy atom. The molecule has 2 aromatic heterocycles. The molecule has 0 bridgehead atoms. The van der Waals surface area contributed by atoms with E-state index >= 15 is 0 Å². The van der Waals surface area contributed by atoms with Gasteiger partial charge < -0.3 is 25.0 Å². The van der Waals surface area contributed by atoms with Crippen molar-refractivity contribution in [2.45, 2.75) is 20.3 Å². The number of benzene rings is 1. The number of carbonyl (C=O) groups is 1. The van der Waals surface area contributed by atoms with Gasteiger partial charge >= 0.3 is 5.97 Å². The third-order valence-electron chi connectivity index (χ3n) is 5.17. The van der Waals surface area contributed by atoms with Crippen LogP contribution in [0.2, 0.25) is 0 Å². The topological polar surface area (TPSA) is 102 Å². The number of anilines is 3. The smallest absolute Gasteiger partial charge is 0.341 e. The van der Waals surface area contributed by atoms with Crippen LogP contribution >= 0.6 is 23.6 Å². The van der Waals surface area contributed by atoms with Gasteiger partial charge in [0.25, 0.3) is 0 Å². The average Bonchev–Trinajstić information content (AvgIpc) is 3.38. The molecule has 0 saturated carbocycles. The minimum Gasteiger partial charge on any atom is -0.465 e. The number of aromatic nitrogens is 2. The molecule has 0 radical (unpaired) electrons. The Labute approximate surface area is 188 Å². The van der Waals surface area contributed by atoms with E-state index in [1.54, 1.807) is 0 Å². The van der Waals surface area contributed by atoms with Crippen molar-refractivity contribution in [2.24, 2.45) is 0 Å². The van der Waals surface area contributed by atoms with E-state index in [0.717, 1.165) is 35.6 Å². The third-order valence-corrected chi connectivity index (χ3v) is 6.44. The maximum absolute atomic E-state index is 12.3. The van der Waals surface area contributed by atoms with Crippen molar-refractivity contribution in [3.8, 4) is 0 Å². The molecule has 3 aromatic rings. The molecule has 164 valence electrons. The standard InChI is InChI=1S/C20H23N5O4S2/c1-4-12-11(2)31-18(15(12)19(26)27-3)22-20(30)21-13-5-6-14(17-16(13)23-29-24-17)25-7-9-28-10-8-25/h5-6H,4,7-10H2,1-3H3,(H2,21,22,30). The average molecular weight is 462 g/mol. The minimum absolute atomic E-state index is 0.331. The largest absolute Gasteiger partial charge is 0.465 e. The number of nitrogens with one attached hydrogen (secondary N) is 2. The number of aryl methyl sites for hydroxylation is 1. The van der Waals surface area contributed by atoms with Crippen molar-refractivity contribution in [3.05, 3.63) is 28.1 Å². The Morgan fingerprint density at radius 2 is 2.00 bits per heavy atom. The Balaban J connectivity index is 1.57. The fourth-order valence-electron chi connectivity index (χ4n) is 3.68. The fraction of sp³-hybridized carbons (Fsp3) is 0.400. The summed E-state index contributed by atoms with van der Waals surface area (Å²) in [6.07, 6.45) is 0.725. The van der Waals surface area contributed by atoms with Crippen LogP contribution in [0.15, 0.2) is 16.8 Å². The molecular weight excluding hydrogens is 438 g/mol. The van der Waals surface area contributed by atoms with Crippen LogP contribution in [0.4, 0.5) is 16.4 Å². The van der Waals surface area contributed by atoms with Crippen LogP contribution in [0.25, 0.3) is 11.0 Å². The van der Waals surface area contributed by atoms with Gasteiger partial charge in [0.15, 0.2) is 16.1 Å². The summed E-state index contributed by atoms with van der Waals surface area (Å²) in [6, 6.07) is 3.86. The predicted molar refractivity (Wildman–Crippen MR) is 124 cm³/mol. The van der Waals surface area contributed by atoms with E-state index in [2.05, 4.69) is 25.8 Å². The molecule has 4 rings (SSSR count). The number of carbonyl (C=O) groups excluding carboxylic acids is 1. The van der Waals surface area contributed by atoms with E-state index < -0.39 is 0 Å². The summed E-state index contributed by atoms with van der Waals surface area (Å²) in [5, 5.41) is 15.4. The maximum atomic E-state index is 12.3. The zero-order chi connectivity index (χ0) is 22.0. The van der Waals surface area contributed by atoms with Crippen molar-refractivity contribution >= 4 is 62.0 Å². The van der Waals surface area contributed by atoms with Gasteiger partial charge in [-0.05, 0) is 53.6 Å². The molecule has 31 heavy (non-hydrogen) atoms. The van der Waals surface area contributed by atoms with Crippen LogP contribution in [0.3, 0.4) is 0 Å². The summed E-state index contributed by atoms with van der Waals surface area (Å²) in [5.41, 5.74) is 4.32. The summed E-state index contributed by atoms with van der Waals surface area (Å²) in [5.74, 6) is -0.385. The van der Waals surface area contributed by atoms with Gasteiger partial charge in [0.05, 0.1) is 37.3 Å². The normalized spacial score (nSPS) is 14.0. The van der Waals surface area contributed by atoms with Gasteiger partial charge in [-0.15, -0.1) is 11.3 Å². The zero-order valence-electron chi connectivity index (χ0n) is 17.5. The number of morpholine rings is 1. The highest BCUT2D eigenvalue weighted by Gasteiger charge is 2.23. The van der Waals surface area contributed by atoms with E-state index in [1.807, 2.05) is 26.0 Å². The van der Waals surface area contributed by atoms with Gasteiger partial charge in [-0.25, -0.2) is 9.42 Å². The van der Waals surface area contributed by atoms with Gasteiger partial charge in [0, 0.05) is 18.0 Å². The van der Waals surface area contributed by atoms with E-state index in [1.165, 1.54) is 18.4 Å². The molecule has 1 saturated heterocycles. The summed E-state index contributed by atoms with van der Waals surface area (Å²) < 4.78 is 15.4. The number of nitrogens with zero attached hydrogens (tertiary/aromatic N) is 3. The molecule has 3 heterocycles. The molecule has 9 nitrogen and oxygen atoms in total. The van der Waals surface area contributed by atoms with Crippen molar-refractivity contribution in [3.63, 3.8) is 0 Å². The molecule has 0 unspecified atom stereocenters. The molecule has 2 N–H and O–H groups in total. The summed E-state index contributed by atoms with van der Waals surface area (Å²) in [7, 11) is 1.37. The van der Waals surface area contributed by atoms with E-state index in [0.29, 0.717) is 45.6 Å². The Kier molecular flexibility index (Phi) is 6.35.